The molecule has 0 atom stereocenters. The fourth-order valence-corrected chi connectivity index (χ4v) is 2.88. The summed E-state index contributed by atoms with van der Waals surface area (Å²) in [6.45, 7) is 0. The molecule has 3 nitrogen and oxygen atoms in total. The van der Waals surface area contributed by atoms with Gasteiger partial charge in [0.15, 0.2) is 0 Å². The predicted octanol–water partition coefficient (Wildman–Crippen LogP) is 4.68. The van der Waals surface area contributed by atoms with Crippen molar-refractivity contribution in [2.24, 2.45) is 0 Å². The Balaban J connectivity index is 1.87. The van der Waals surface area contributed by atoms with Gasteiger partial charge in [0.25, 0.3) is 5.91 Å². The molecule has 2 heterocycles. The van der Waals surface area contributed by atoms with Crippen molar-refractivity contribution in [2.75, 3.05) is 5.32 Å². The van der Waals surface area contributed by atoms with Crippen molar-refractivity contribution in [3.63, 3.8) is 0 Å². The Kier molecular flexibility index (Phi) is 3.03. The van der Waals surface area contributed by atoms with Crippen molar-refractivity contribution >= 4 is 34.1 Å². The first kappa shape index (κ1) is 14.6. The number of rotatable bonds is 1. The number of para-hydroxylation sites is 1. The summed E-state index contributed by atoms with van der Waals surface area (Å²) in [7, 11) is 0. The summed E-state index contributed by atoms with van der Waals surface area (Å²) in [5, 5.41) is 3.50. The van der Waals surface area contributed by atoms with Gasteiger partial charge in [-0.15, -0.1) is 0 Å². The molecule has 4 rings (SSSR count). The first-order valence-electron chi connectivity index (χ1n) is 7.24. The zero-order valence-corrected chi connectivity index (χ0v) is 12.2. The Hall–Kier alpha value is -3.02. The lowest BCUT2D eigenvalue weighted by Gasteiger charge is -2.08. The number of aromatic amines is 1. The molecule has 120 valence electrons. The maximum atomic E-state index is 12.9. The first-order chi connectivity index (χ1) is 11.4. The van der Waals surface area contributed by atoms with Crippen molar-refractivity contribution < 1.29 is 18.0 Å². The highest BCUT2D eigenvalue weighted by Gasteiger charge is 2.33. The number of hydrogen-bond acceptors (Lipinski definition) is 1. The van der Waals surface area contributed by atoms with Crippen LogP contribution in [0, 0.1) is 0 Å². The van der Waals surface area contributed by atoms with Crippen LogP contribution in [0.2, 0.25) is 0 Å². The van der Waals surface area contributed by atoms with E-state index in [0.717, 1.165) is 28.6 Å². The number of carbonyl (C=O) groups excluding carboxylic acids is 1. The summed E-state index contributed by atoms with van der Waals surface area (Å²) in [4.78, 5) is 15.3. The molecule has 1 aromatic heterocycles. The van der Waals surface area contributed by atoms with Gasteiger partial charge in [-0.25, -0.2) is 0 Å². The Labute approximate surface area is 134 Å². The molecule has 0 fully saturated rings. The van der Waals surface area contributed by atoms with E-state index in [4.69, 9.17) is 0 Å². The summed E-state index contributed by atoms with van der Waals surface area (Å²) in [6, 6.07) is 10.8. The minimum Gasteiger partial charge on any atom is -0.361 e. The van der Waals surface area contributed by atoms with Gasteiger partial charge < -0.3 is 10.3 Å². The van der Waals surface area contributed by atoms with Gasteiger partial charge >= 0.3 is 6.18 Å². The molecule has 0 bridgehead atoms. The third kappa shape index (κ3) is 2.27. The fourth-order valence-electron chi connectivity index (χ4n) is 2.88. The number of fused-ring (bicyclic) bond motifs is 2. The minimum absolute atomic E-state index is 0.223. The van der Waals surface area contributed by atoms with E-state index >= 15 is 0 Å². The van der Waals surface area contributed by atoms with E-state index < -0.39 is 17.6 Å². The molecule has 1 aliphatic rings. The lowest BCUT2D eigenvalue weighted by molar-refractivity contribution is -0.137. The Morgan fingerprint density at radius 2 is 1.83 bits per heavy atom. The highest BCUT2D eigenvalue weighted by atomic mass is 19.4. The molecule has 0 aliphatic carbocycles. The molecule has 1 amide bonds. The summed E-state index contributed by atoms with van der Waals surface area (Å²) < 4.78 is 38.8. The molecule has 6 heteroatoms. The molecular weight excluding hydrogens is 317 g/mol. The second kappa shape index (κ2) is 4.99. The molecular formula is C18H11F3N2O. The maximum Gasteiger partial charge on any atom is 0.416 e. The van der Waals surface area contributed by atoms with Crippen molar-refractivity contribution in [1.29, 1.82) is 0 Å². The van der Waals surface area contributed by atoms with Crippen LogP contribution >= 0.6 is 0 Å². The molecule has 0 unspecified atom stereocenters. The zero-order chi connectivity index (χ0) is 16.9. The number of anilines is 1. The Bertz CT molecular complexity index is 999. The monoisotopic (exact) mass is 328 g/mol. The average molecular weight is 328 g/mol. The van der Waals surface area contributed by atoms with Gasteiger partial charge in [0, 0.05) is 39.5 Å². The van der Waals surface area contributed by atoms with Crippen LogP contribution < -0.4 is 5.32 Å². The number of H-pyrrole nitrogens is 1. The van der Waals surface area contributed by atoms with Crippen LogP contribution in [-0.2, 0) is 11.0 Å². The van der Waals surface area contributed by atoms with Crippen LogP contribution in [0.15, 0.2) is 48.7 Å². The van der Waals surface area contributed by atoms with E-state index in [1.54, 1.807) is 12.3 Å². The molecule has 24 heavy (non-hydrogen) atoms. The summed E-state index contributed by atoms with van der Waals surface area (Å²) >= 11 is 0. The number of halogens is 3. The summed E-state index contributed by atoms with van der Waals surface area (Å²) in [5.74, 6) is -0.408. The lowest BCUT2D eigenvalue weighted by atomic mass is 10.0. The third-order valence-electron chi connectivity index (χ3n) is 4.05. The molecule has 1 aliphatic heterocycles. The van der Waals surface area contributed by atoms with Crippen molar-refractivity contribution in [1.82, 2.24) is 4.98 Å². The van der Waals surface area contributed by atoms with Gasteiger partial charge in [-0.05, 0) is 30.3 Å². The van der Waals surface area contributed by atoms with Gasteiger partial charge in [0.05, 0.1) is 5.56 Å². The standard InChI is InChI=1S/C18H11F3N2O/c19-18(20,21)11-5-6-16-13(8-11)14(17(24)23-16)7-10-9-22-15-4-2-1-3-12(10)15/h1-9,22H,(H,23,24)/b14-7+. The molecule has 2 N–H and O–H groups in total. The quantitative estimate of drug-likeness (QED) is 0.626. The number of nitrogens with one attached hydrogen (secondary N) is 2. The van der Waals surface area contributed by atoms with E-state index in [0.29, 0.717) is 5.69 Å². The van der Waals surface area contributed by atoms with Gasteiger partial charge in [-0.2, -0.15) is 13.2 Å². The van der Waals surface area contributed by atoms with Gasteiger partial charge in [0.2, 0.25) is 0 Å². The number of benzene rings is 2. The van der Waals surface area contributed by atoms with Crippen LogP contribution in [0.1, 0.15) is 16.7 Å². The number of carbonyl (C=O) groups is 1. The number of amides is 1. The van der Waals surface area contributed by atoms with E-state index in [-0.39, 0.29) is 11.1 Å². The molecule has 0 spiro atoms. The molecule has 0 saturated carbocycles. The van der Waals surface area contributed by atoms with Crippen LogP contribution in [0.4, 0.5) is 18.9 Å². The second-order valence-electron chi connectivity index (χ2n) is 5.56. The predicted molar refractivity (Wildman–Crippen MR) is 86.2 cm³/mol. The number of alkyl halides is 3. The molecule has 2 aromatic carbocycles. The van der Waals surface area contributed by atoms with Gasteiger partial charge in [0.1, 0.15) is 0 Å². The smallest absolute Gasteiger partial charge is 0.361 e. The maximum absolute atomic E-state index is 12.9. The van der Waals surface area contributed by atoms with Crippen LogP contribution in [-0.4, -0.2) is 10.9 Å². The molecule has 0 radical (unpaired) electrons. The van der Waals surface area contributed by atoms with Gasteiger partial charge in [-0.3, -0.25) is 4.79 Å². The van der Waals surface area contributed by atoms with Crippen LogP contribution in [0.25, 0.3) is 22.6 Å². The van der Waals surface area contributed by atoms with E-state index in [1.165, 1.54) is 6.07 Å². The van der Waals surface area contributed by atoms with Crippen molar-refractivity contribution in [3.05, 3.63) is 65.4 Å². The van der Waals surface area contributed by atoms with Crippen molar-refractivity contribution in [2.45, 2.75) is 6.18 Å². The lowest BCUT2D eigenvalue weighted by Crippen LogP contribution is -2.04. The number of aromatic nitrogens is 1. The van der Waals surface area contributed by atoms with Crippen LogP contribution in [0.3, 0.4) is 0 Å². The second-order valence-corrected chi connectivity index (χ2v) is 5.56. The van der Waals surface area contributed by atoms with Crippen molar-refractivity contribution in [3.8, 4) is 0 Å². The van der Waals surface area contributed by atoms with Crippen LogP contribution in [0.5, 0.6) is 0 Å². The van der Waals surface area contributed by atoms with Gasteiger partial charge in [-0.1, -0.05) is 18.2 Å². The van der Waals surface area contributed by atoms with E-state index in [9.17, 15) is 18.0 Å². The summed E-state index contributed by atoms with van der Waals surface area (Å²) in [6.07, 6.45) is -1.11. The zero-order valence-electron chi connectivity index (χ0n) is 12.2. The minimum atomic E-state index is -4.45. The first-order valence-corrected chi connectivity index (χ1v) is 7.24. The van der Waals surface area contributed by atoms with E-state index in [2.05, 4.69) is 10.3 Å². The average Bonchev–Trinajstić information content (AvgIpc) is 3.08. The Morgan fingerprint density at radius 3 is 2.62 bits per heavy atom. The Morgan fingerprint density at radius 1 is 1.04 bits per heavy atom. The number of hydrogen-bond donors (Lipinski definition) is 2. The largest absolute Gasteiger partial charge is 0.416 e. The summed E-state index contributed by atoms with van der Waals surface area (Å²) in [5.41, 5.74) is 1.75. The molecule has 0 saturated heterocycles. The SMILES string of the molecule is O=C1Nc2ccc(C(F)(F)F)cc2/C1=C\c1c[nH]c2ccccc12. The normalized spacial score (nSPS) is 15.8. The van der Waals surface area contributed by atoms with E-state index in [1.807, 2.05) is 24.3 Å². The molecule has 3 aromatic rings. The topological polar surface area (TPSA) is 44.9 Å². The highest BCUT2D eigenvalue weighted by Crippen LogP contribution is 2.38. The highest BCUT2D eigenvalue weighted by molar-refractivity contribution is 6.35. The fraction of sp³-hybridized carbons (Fsp3) is 0.0556. The third-order valence-corrected chi connectivity index (χ3v) is 4.05.